The van der Waals surface area contributed by atoms with Crippen LogP contribution in [0.15, 0.2) is 12.3 Å². The van der Waals surface area contributed by atoms with Crippen molar-refractivity contribution in [1.82, 2.24) is 10.2 Å². The van der Waals surface area contributed by atoms with E-state index in [9.17, 15) is 0 Å². The lowest BCUT2D eigenvalue weighted by atomic mass is 10.0. The zero-order chi connectivity index (χ0) is 10.4. The number of nitrogens with zero attached hydrogens (tertiary/aromatic N) is 2. The molecule has 0 aliphatic carbocycles. The van der Waals surface area contributed by atoms with Crippen LogP contribution in [0.25, 0.3) is 0 Å². The van der Waals surface area contributed by atoms with Gasteiger partial charge in [-0.1, -0.05) is 26.7 Å². The minimum atomic E-state index is 0.734. The van der Waals surface area contributed by atoms with Gasteiger partial charge in [-0.2, -0.15) is 5.10 Å². The molecular formula is C11H19N3. The van der Waals surface area contributed by atoms with E-state index in [2.05, 4.69) is 29.4 Å². The van der Waals surface area contributed by atoms with Gasteiger partial charge in [-0.15, -0.1) is 5.10 Å². The van der Waals surface area contributed by atoms with Gasteiger partial charge >= 0.3 is 0 Å². The summed E-state index contributed by atoms with van der Waals surface area (Å²) in [6.45, 7) is 7.46. The zero-order valence-electron chi connectivity index (χ0n) is 9.25. The second-order valence-electron chi connectivity index (χ2n) is 3.68. The average molecular weight is 193 g/mol. The molecule has 0 aliphatic heterocycles. The molecule has 78 valence electrons. The van der Waals surface area contributed by atoms with Crippen LogP contribution in [0.4, 0.5) is 5.82 Å². The van der Waals surface area contributed by atoms with Crippen LogP contribution in [0.3, 0.4) is 0 Å². The SMILES string of the molecule is CCC(CC)CNc1cc(C)cnn1. The first kappa shape index (κ1) is 11.0. The summed E-state index contributed by atoms with van der Waals surface area (Å²) in [6, 6.07) is 2.02. The Labute approximate surface area is 85.9 Å². The summed E-state index contributed by atoms with van der Waals surface area (Å²) >= 11 is 0. The van der Waals surface area contributed by atoms with Crippen LogP contribution in [0.5, 0.6) is 0 Å². The van der Waals surface area contributed by atoms with Crippen LogP contribution >= 0.6 is 0 Å². The van der Waals surface area contributed by atoms with Gasteiger partial charge in [-0.25, -0.2) is 0 Å². The van der Waals surface area contributed by atoms with Gasteiger partial charge in [0, 0.05) is 6.54 Å². The van der Waals surface area contributed by atoms with Gasteiger partial charge in [-0.3, -0.25) is 0 Å². The highest BCUT2D eigenvalue weighted by atomic mass is 15.2. The fraction of sp³-hybridized carbons (Fsp3) is 0.636. The molecule has 0 saturated heterocycles. The van der Waals surface area contributed by atoms with Crippen LogP contribution in [-0.2, 0) is 0 Å². The molecule has 0 saturated carbocycles. The Balaban J connectivity index is 2.44. The third kappa shape index (κ3) is 3.32. The Hall–Kier alpha value is -1.12. The van der Waals surface area contributed by atoms with Gasteiger partial charge in [0.1, 0.15) is 5.82 Å². The fourth-order valence-electron chi connectivity index (χ4n) is 1.38. The molecule has 0 aromatic carbocycles. The molecule has 0 unspecified atom stereocenters. The number of hydrogen-bond acceptors (Lipinski definition) is 3. The Morgan fingerprint density at radius 1 is 1.36 bits per heavy atom. The fourth-order valence-corrected chi connectivity index (χ4v) is 1.38. The Morgan fingerprint density at radius 2 is 2.07 bits per heavy atom. The molecule has 3 heteroatoms. The van der Waals surface area contributed by atoms with E-state index in [0.717, 1.165) is 23.8 Å². The Morgan fingerprint density at radius 3 is 2.64 bits per heavy atom. The third-order valence-corrected chi connectivity index (χ3v) is 2.52. The molecule has 1 aromatic rings. The number of nitrogens with one attached hydrogen (secondary N) is 1. The number of anilines is 1. The smallest absolute Gasteiger partial charge is 0.148 e. The van der Waals surface area contributed by atoms with Crippen molar-refractivity contribution in [3.8, 4) is 0 Å². The first-order valence-electron chi connectivity index (χ1n) is 5.29. The molecule has 0 spiro atoms. The van der Waals surface area contributed by atoms with Crippen molar-refractivity contribution in [2.24, 2.45) is 5.92 Å². The van der Waals surface area contributed by atoms with Crippen LogP contribution < -0.4 is 5.32 Å². The van der Waals surface area contributed by atoms with Crippen molar-refractivity contribution in [2.75, 3.05) is 11.9 Å². The maximum atomic E-state index is 4.02. The predicted octanol–water partition coefficient (Wildman–Crippen LogP) is 2.63. The van der Waals surface area contributed by atoms with Crippen molar-refractivity contribution < 1.29 is 0 Å². The Kier molecular flexibility index (Phi) is 4.36. The minimum Gasteiger partial charge on any atom is -0.368 e. The summed E-state index contributed by atoms with van der Waals surface area (Å²) in [5.41, 5.74) is 1.15. The van der Waals surface area contributed by atoms with E-state index in [1.807, 2.05) is 13.0 Å². The number of rotatable bonds is 5. The number of aromatic nitrogens is 2. The second-order valence-corrected chi connectivity index (χ2v) is 3.68. The van der Waals surface area contributed by atoms with E-state index < -0.39 is 0 Å². The lowest BCUT2D eigenvalue weighted by Crippen LogP contribution is -2.13. The van der Waals surface area contributed by atoms with Gasteiger partial charge in [0.05, 0.1) is 6.20 Å². The van der Waals surface area contributed by atoms with Crippen LogP contribution in [0.2, 0.25) is 0 Å². The lowest BCUT2D eigenvalue weighted by Gasteiger charge is -2.13. The second kappa shape index (κ2) is 5.58. The normalized spacial score (nSPS) is 10.6. The van der Waals surface area contributed by atoms with E-state index in [0.29, 0.717) is 0 Å². The van der Waals surface area contributed by atoms with Crippen molar-refractivity contribution >= 4 is 5.82 Å². The third-order valence-electron chi connectivity index (χ3n) is 2.52. The molecule has 0 atom stereocenters. The van der Waals surface area contributed by atoms with Crippen LogP contribution in [0.1, 0.15) is 32.3 Å². The molecule has 0 radical (unpaired) electrons. The van der Waals surface area contributed by atoms with Crippen LogP contribution in [0, 0.1) is 12.8 Å². The van der Waals surface area contributed by atoms with Gasteiger partial charge in [-0.05, 0) is 24.5 Å². The first-order valence-corrected chi connectivity index (χ1v) is 5.29. The maximum Gasteiger partial charge on any atom is 0.148 e. The monoisotopic (exact) mass is 193 g/mol. The van der Waals surface area contributed by atoms with Gasteiger partial charge < -0.3 is 5.32 Å². The van der Waals surface area contributed by atoms with E-state index in [4.69, 9.17) is 0 Å². The molecule has 0 aliphatic rings. The molecule has 0 amide bonds. The quantitative estimate of drug-likeness (QED) is 0.781. The summed E-state index contributed by atoms with van der Waals surface area (Å²) < 4.78 is 0. The number of hydrogen-bond donors (Lipinski definition) is 1. The van der Waals surface area contributed by atoms with Gasteiger partial charge in [0.2, 0.25) is 0 Å². The van der Waals surface area contributed by atoms with Crippen LogP contribution in [-0.4, -0.2) is 16.7 Å². The standard InChI is InChI=1S/C11H19N3/c1-4-10(5-2)8-12-11-6-9(3)7-13-14-11/h6-7,10H,4-5,8H2,1-3H3,(H,12,14). The highest BCUT2D eigenvalue weighted by molar-refractivity contribution is 5.34. The summed E-state index contributed by atoms with van der Waals surface area (Å²) in [7, 11) is 0. The number of aryl methyl sites for hydroxylation is 1. The van der Waals surface area contributed by atoms with E-state index in [1.165, 1.54) is 12.8 Å². The molecule has 14 heavy (non-hydrogen) atoms. The predicted molar refractivity (Wildman–Crippen MR) is 59.3 cm³/mol. The van der Waals surface area contributed by atoms with Gasteiger partial charge in [0.25, 0.3) is 0 Å². The first-order chi connectivity index (χ1) is 6.76. The molecule has 3 nitrogen and oxygen atoms in total. The highest BCUT2D eigenvalue weighted by Gasteiger charge is 2.03. The molecule has 1 heterocycles. The summed E-state index contributed by atoms with van der Waals surface area (Å²) in [6.07, 6.45) is 4.19. The minimum absolute atomic E-state index is 0.734. The zero-order valence-corrected chi connectivity index (χ0v) is 9.25. The van der Waals surface area contributed by atoms with Crippen molar-refractivity contribution in [2.45, 2.75) is 33.6 Å². The van der Waals surface area contributed by atoms with Crippen molar-refractivity contribution in [3.63, 3.8) is 0 Å². The molecule has 1 aromatic heterocycles. The molecular weight excluding hydrogens is 174 g/mol. The largest absolute Gasteiger partial charge is 0.368 e. The molecule has 1 N–H and O–H groups in total. The summed E-state index contributed by atoms with van der Waals surface area (Å²) in [5.74, 6) is 1.62. The van der Waals surface area contributed by atoms with E-state index in [-0.39, 0.29) is 0 Å². The highest BCUT2D eigenvalue weighted by Crippen LogP contribution is 2.09. The molecule has 1 rings (SSSR count). The average Bonchev–Trinajstić information content (AvgIpc) is 2.19. The molecule has 0 fully saturated rings. The molecule has 0 bridgehead atoms. The maximum absolute atomic E-state index is 4.02. The summed E-state index contributed by atoms with van der Waals surface area (Å²) in [5, 5.41) is 11.2. The van der Waals surface area contributed by atoms with Crippen molar-refractivity contribution in [1.29, 1.82) is 0 Å². The van der Waals surface area contributed by atoms with E-state index in [1.54, 1.807) is 6.20 Å². The van der Waals surface area contributed by atoms with E-state index >= 15 is 0 Å². The lowest BCUT2D eigenvalue weighted by molar-refractivity contribution is 0.518. The van der Waals surface area contributed by atoms with Gasteiger partial charge in [0.15, 0.2) is 0 Å². The Bertz CT molecular complexity index is 269. The summed E-state index contributed by atoms with van der Waals surface area (Å²) in [4.78, 5) is 0. The van der Waals surface area contributed by atoms with Crippen molar-refractivity contribution in [3.05, 3.63) is 17.8 Å². The topological polar surface area (TPSA) is 37.8 Å².